The molecule has 0 aliphatic carbocycles. The van der Waals surface area contributed by atoms with Crippen molar-refractivity contribution >= 4 is 39.1 Å². The molecule has 1 heterocycles. The number of amides is 2. The zero-order chi connectivity index (χ0) is 21.9. The number of piperidine rings is 1. The standard InChI is InChI=1S/C21H24ClN3O4S/c1-24(2)21(27)15-5-9-18(10-6-15)23-20(26)16-4-3-13-25(14-16)30(28,29)19-11-7-17(22)8-12-19/h5-12,16H,3-4,13-14H2,1-2H3,(H,23,26)/t16-/m0/s1. The molecule has 2 aromatic rings. The maximum Gasteiger partial charge on any atom is 0.253 e. The topological polar surface area (TPSA) is 86.8 Å². The molecule has 0 bridgehead atoms. The third-order valence-corrected chi connectivity index (χ3v) is 7.14. The Morgan fingerprint density at radius 2 is 1.70 bits per heavy atom. The summed E-state index contributed by atoms with van der Waals surface area (Å²) in [4.78, 5) is 26.3. The number of hydrogen-bond donors (Lipinski definition) is 1. The van der Waals surface area contributed by atoms with E-state index in [1.165, 1.54) is 33.5 Å². The van der Waals surface area contributed by atoms with Crippen molar-refractivity contribution < 1.29 is 18.0 Å². The highest BCUT2D eigenvalue weighted by atomic mass is 35.5. The quantitative estimate of drug-likeness (QED) is 0.759. The molecule has 1 fully saturated rings. The zero-order valence-electron chi connectivity index (χ0n) is 16.8. The lowest BCUT2D eigenvalue weighted by Crippen LogP contribution is -2.43. The van der Waals surface area contributed by atoms with Gasteiger partial charge < -0.3 is 10.2 Å². The lowest BCUT2D eigenvalue weighted by atomic mass is 9.98. The predicted molar refractivity (Wildman–Crippen MR) is 116 cm³/mol. The highest BCUT2D eigenvalue weighted by molar-refractivity contribution is 7.89. The van der Waals surface area contributed by atoms with Crippen LogP contribution in [0.5, 0.6) is 0 Å². The predicted octanol–water partition coefficient (Wildman–Crippen LogP) is 3.08. The molecule has 2 amide bonds. The van der Waals surface area contributed by atoms with Gasteiger partial charge in [0.25, 0.3) is 5.91 Å². The summed E-state index contributed by atoms with van der Waals surface area (Å²) in [5.74, 6) is -0.815. The molecule has 0 saturated carbocycles. The molecule has 30 heavy (non-hydrogen) atoms. The fourth-order valence-electron chi connectivity index (χ4n) is 3.33. The number of nitrogens with one attached hydrogen (secondary N) is 1. The van der Waals surface area contributed by atoms with E-state index in [1.807, 2.05) is 0 Å². The van der Waals surface area contributed by atoms with Gasteiger partial charge in [-0.15, -0.1) is 0 Å². The van der Waals surface area contributed by atoms with Crippen molar-refractivity contribution in [2.45, 2.75) is 17.7 Å². The Labute approximate surface area is 181 Å². The molecule has 1 aliphatic rings. The van der Waals surface area contributed by atoms with Gasteiger partial charge in [0.1, 0.15) is 0 Å². The minimum Gasteiger partial charge on any atom is -0.345 e. The maximum atomic E-state index is 12.9. The van der Waals surface area contributed by atoms with Gasteiger partial charge in [0.05, 0.1) is 10.8 Å². The molecule has 1 aliphatic heterocycles. The number of sulfonamides is 1. The summed E-state index contributed by atoms with van der Waals surface area (Å²) in [6.07, 6.45) is 1.21. The lowest BCUT2D eigenvalue weighted by Gasteiger charge is -2.31. The molecular formula is C21H24ClN3O4S. The molecule has 1 atom stereocenters. The normalized spacial score (nSPS) is 17.4. The molecule has 3 rings (SSSR count). The number of halogens is 1. The third-order valence-electron chi connectivity index (χ3n) is 5.01. The van der Waals surface area contributed by atoms with E-state index in [0.717, 1.165) is 0 Å². The van der Waals surface area contributed by atoms with Gasteiger partial charge in [-0.1, -0.05) is 11.6 Å². The van der Waals surface area contributed by atoms with Crippen molar-refractivity contribution in [3.63, 3.8) is 0 Å². The van der Waals surface area contributed by atoms with Crippen molar-refractivity contribution in [3.8, 4) is 0 Å². The molecular weight excluding hydrogens is 426 g/mol. The van der Waals surface area contributed by atoms with Crippen LogP contribution in [-0.4, -0.2) is 56.6 Å². The molecule has 2 aromatic carbocycles. The summed E-state index contributed by atoms with van der Waals surface area (Å²) in [5, 5.41) is 3.28. The number of rotatable bonds is 5. The molecule has 0 spiro atoms. The van der Waals surface area contributed by atoms with Crippen LogP contribution >= 0.6 is 11.6 Å². The van der Waals surface area contributed by atoms with Crippen molar-refractivity contribution in [3.05, 3.63) is 59.1 Å². The largest absolute Gasteiger partial charge is 0.345 e. The Bertz CT molecular complexity index is 1020. The van der Waals surface area contributed by atoms with E-state index in [1.54, 1.807) is 38.4 Å². The molecule has 0 radical (unpaired) electrons. The van der Waals surface area contributed by atoms with E-state index >= 15 is 0 Å². The lowest BCUT2D eigenvalue weighted by molar-refractivity contribution is -0.120. The second-order valence-electron chi connectivity index (χ2n) is 7.42. The Kier molecular flexibility index (Phi) is 6.80. The number of benzene rings is 2. The molecule has 0 unspecified atom stereocenters. The summed E-state index contributed by atoms with van der Waals surface area (Å²) in [5.41, 5.74) is 1.09. The summed E-state index contributed by atoms with van der Waals surface area (Å²) in [6, 6.07) is 12.6. The molecule has 7 nitrogen and oxygen atoms in total. The van der Waals surface area contributed by atoms with E-state index < -0.39 is 15.9 Å². The molecule has 1 saturated heterocycles. The first-order valence-corrected chi connectivity index (χ1v) is 11.4. The molecule has 9 heteroatoms. The van der Waals surface area contributed by atoms with E-state index in [0.29, 0.717) is 35.7 Å². The monoisotopic (exact) mass is 449 g/mol. The van der Waals surface area contributed by atoms with Crippen LogP contribution in [0.2, 0.25) is 5.02 Å². The average Bonchev–Trinajstić information content (AvgIpc) is 2.74. The van der Waals surface area contributed by atoms with Crippen LogP contribution in [-0.2, 0) is 14.8 Å². The smallest absolute Gasteiger partial charge is 0.253 e. The van der Waals surface area contributed by atoms with Gasteiger partial charge in [0.15, 0.2) is 0 Å². The third kappa shape index (κ3) is 5.00. The van der Waals surface area contributed by atoms with Crippen LogP contribution in [0, 0.1) is 5.92 Å². The molecule has 0 aromatic heterocycles. The van der Waals surface area contributed by atoms with E-state index in [9.17, 15) is 18.0 Å². The number of carbonyl (C=O) groups excluding carboxylic acids is 2. The highest BCUT2D eigenvalue weighted by Crippen LogP contribution is 2.25. The van der Waals surface area contributed by atoms with E-state index in [2.05, 4.69) is 5.32 Å². The van der Waals surface area contributed by atoms with Gasteiger partial charge in [-0.25, -0.2) is 8.42 Å². The van der Waals surface area contributed by atoms with Gasteiger partial charge >= 0.3 is 0 Å². The van der Waals surface area contributed by atoms with Crippen LogP contribution < -0.4 is 5.32 Å². The van der Waals surface area contributed by atoms with Crippen molar-refractivity contribution in [1.82, 2.24) is 9.21 Å². The minimum atomic E-state index is -3.69. The number of anilines is 1. The summed E-state index contributed by atoms with van der Waals surface area (Å²) >= 11 is 5.85. The molecule has 1 N–H and O–H groups in total. The summed E-state index contributed by atoms with van der Waals surface area (Å²) < 4.78 is 27.1. The van der Waals surface area contributed by atoms with Crippen LogP contribution in [0.3, 0.4) is 0 Å². The first kappa shape index (κ1) is 22.3. The number of carbonyl (C=O) groups is 2. The van der Waals surface area contributed by atoms with Gasteiger partial charge in [-0.05, 0) is 61.4 Å². The van der Waals surface area contributed by atoms with Crippen molar-refractivity contribution in [2.75, 3.05) is 32.5 Å². The van der Waals surface area contributed by atoms with E-state index in [-0.39, 0.29) is 23.3 Å². The Hall–Kier alpha value is -2.42. The fraction of sp³-hybridized carbons (Fsp3) is 0.333. The number of nitrogens with zero attached hydrogens (tertiary/aromatic N) is 2. The maximum absolute atomic E-state index is 12.9. The Morgan fingerprint density at radius 3 is 2.30 bits per heavy atom. The Morgan fingerprint density at radius 1 is 1.07 bits per heavy atom. The SMILES string of the molecule is CN(C)C(=O)c1ccc(NC(=O)[C@H]2CCCN(S(=O)(=O)c3ccc(Cl)cc3)C2)cc1. The molecule has 160 valence electrons. The first-order valence-electron chi connectivity index (χ1n) is 9.57. The fourth-order valence-corrected chi connectivity index (χ4v) is 4.98. The van der Waals surface area contributed by atoms with Crippen LogP contribution in [0.4, 0.5) is 5.69 Å². The van der Waals surface area contributed by atoms with Crippen molar-refractivity contribution in [2.24, 2.45) is 5.92 Å². The highest BCUT2D eigenvalue weighted by Gasteiger charge is 2.33. The minimum absolute atomic E-state index is 0.119. The van der Waals surface area contributed by atoms with Crippen LogP contribution in [0.15, 0.2) is 53.4 Å². The van der Waals surface area contributed by atoms with Crippen molar-refractivity contribution in [1.29, 1.82) is 0 Å². The zero-order valence-corrected chi connectivity index (χ0v) is 18.4. The van der Waals surface area contributed by atoms with Gasteiger partial charge in [0, 0.05) is 43.5 Å². The number of hydrogen-bond acceptors (Lipinski definition) is 4. The second kappa shape index (κ2) is 9.16. The second-order valence-corrected chi connectivity index (χ2v) is 9.80. The first-order chi connectivity index (χ1) is 14.2. The van der Waals surface area contributed by atoms with Crippen LogP contribution in [0.1, 0.15) is 23.2 Å². The average molecular weight is 450 g/mol. The summed E-state index contributed by atoms with van der Waals surface area (Å²) in [7, 11) is -0.346. The van der Waals surface area contributed by atoms with Gasteiger partial charge in [0.2, 0.25) is 15.9 Å². The summed E-state index contributed by atoms with van der Waals surface area (Å²) in [6.45, 7) is 0.490. The van der Waals surface area contributed by atoms with Gasteiger partial charge in [-0.2, -0.15) is 4.31 Å². The van der Waals surface area contributed by atoms with E-state index in [4.69, 9.17) is 11.6 Å². The van der Waals surface area contributed by atoms with Gasteiger partial charge in [-0.3, -0.25) is 9.59 Å². The van der Waals surface area contributed by atoms with Crippen LogP contribution in [0.25, 0.3) is 0 Å². The Balaban J connectivity index is 1.67.